The average molecular weight is 398 g/mol. The number of likely N-dealkylation sites (tertiary alicyclic amines) is 1. The van der Waals surface area contributed by atoms with Crippen LogP contribution in [0.4, 0.5) is 4.79 Å². The summed E-state index contributed by atoms with van der Waals surface area (Å²) in [6, 6.07) is 19.7. The second kappa shape index (κ2) is 7.89. The molecular weight excluding hydrogens is 370 g/mol. The van der Waals surface area contributed by atoms with Gasteiger partial charge >= 0.3 is 14.4 Å². The van der Waals surface area contributed by atoms with Crippen LogP contribution in [0.5, 0.6) is 0 Å². The number of ketones is 1. The molecule has 6 heteroatoms. The Morgan fingerprint density at radius 1 is 1.00 bits per heavy atom. The highest BCUT2D eigenvalue weighted by Gasteiger charge is 2.53. The Morgan fingerprint density at radius 3 is 1.89 bits per heavy atom. The van der Waals surface area contributed by atoms with Crippen LogP contribution in [0.2, 0.25) is 5.04 Å². The lowest BCUT2D eigenvalue weighted by molar-refractivity contribution is -0.165. The summed E-state index contributed by atoms with van der Waals surface area (Å²) in [5.74, 6) is 0.0369. The summed E-state index contributed by atoms with van der Waals surface area (Å²) in [6.45, 7) is 8.23. The Kier molecular flexibility index (Phi) is 5.72. The zero-order valence-corrected chi connectivity index (χ0v) is 17.8. The molecule has 1 aliphatic heterocycles. The zero-order chi connectivity index (χ0) is 20.4. The highest BCUT2D eigenvalue weighted by molar-refractivity contribution is 6.99. The van der Waals surface area contributed by atoms with Crippen molar-refractivity contribution < 1.29 is 19.1 Å². The quantitative estimate of drug-likeness (QED) is 0.451. The van der Waals surface area contributed by atoms with E-state index in [2.05, 4.69) is 20.8 Å². The predicted molar refractivity (Wildman–Crippen MR) is 111 cm³/mol. The SMILES string of the molecule is CC1CC(=O)CN1C(=O)OO[Si](c1ccccc1)(c1ccccc1)C(C)(C)C. The predicted octanol–water partition coefficient (Wildman–Crippen LogP) is 3.28. The molecule has 0 aliphatic carbocycles. The van der Waals surface area contributed by atoms with E-state index in [0.29, 0.717) is 6.42 Å². The molecular formula is C22H27NO4Si. The Bertz CT molecular complexity index is 793. The van der Waals surface area contributed by atoms with Gasteiger partial charge in [-0.3, -0.25) is 14.6 Å². The molecule has 0 bridgehead atoms. The first kappa shape index (κ1) is 20.3. The van der Waals surface area contributed by atoms with Crippen molar-refractivity contribution in [2.24, 2.45) is 0 Å². The van der Waals surface area contributed by atoms with Crippen LogP contribution in [0.3, 0.4) is 0 Å². The van der Waals surface area contributed by atoms with Gasteiger partial charge in [-0.05, 0) is 22.3 Å². The van der Waals surface area contributed by atoms with Crippen LogP contribution in [0.1, 0.15) is 34.1 Å². The molecule has 1 saturated heterocycles. The van der Waals surface area contributed by atoms with Gasteiger partial charge in [0.25, 0.3) is 0 Å². The number of carbonyl (C=O) groups excluding carboxylic acids is 2. The molecule has 0 saturated carbocycles. The van der Waals surface area contributed by atoms with Crippen molar-refractivity contribution in [3.63, 3.8) is 0 Å². The van der Waals surface area contributed by atoms with Gasteiger partial charge < -0.3 is 0 Å². The van der Waals surface area contributed by atoms with Crippen molar-refractivity contribution >= 4 is 30.6 Å². The Labute approximate surface area is 167 Å². The Balaban J connectivity index is 1.99. The normalized spacial score (nSPS) is 17.6. The Hall–Kier alpha value is -2.44. The summed E-state index contributed by atoms with van der Waals surface area (Å²) < 4.78 is 6.16. The summed E-state index contributed by atoms with van der Waals surface area (Å²) >= 11 is 0. The number of Topliss-reactive ketones (excluding diaryl/α,β-unsaturated/α-hetero) is 1. The molecule has 0 radical (unpaired) electrons. The molecule has 0 spiro atoms. The summed E-state index contributed by atoms with van der Waals surface area (Å²) in [5, 5.41) is 1.74. The van der Waals surface area contributed by atoms with E-state index in [9.17, 15) is 9.59 Å². The first-order valence-electron chi connectivity index (χ1n) is 9.55. The van der Waals surface area contributed by atoms with E-state index in [0.717, 1.165) is 10.4 Å². The maximum Gasteiger partial charge on any atom is 0.440 e. The minimum atomic E-state index is -2.96. The fourth-order valence-electron chi connectivity index (χ4n) is 3.84. The van der Waals surface area contributed by atoms with Crippen LogP contribution in [0.25, 0.3) is 0 Å². The van der Waals surface area contributed by atoms with Crippen LogP contribution >= 0.6 is 0 Å². The standard InChI is InChI=1S/C22H27NO4Si/c1-17-15-18(24)16-23(17)21(25)26-27-28(22(2,3)4,19-11-7-5-8-12-19)20-13-9-6-10-14-20/h5-14,17H,15-16H2,1-4H3. The summed E-state index contributed by atoms with van der Waals surface area (Å²) in [5.41, 5.74) is 0. The molecule has 5 nitrogen and oxygen atoms in total. The van der Waals surface area contributed by atoms with Gasteiger partial charge in [0.2, 0.25) is 0 Å². The second-order valence-electron chi connectivity index (χ2n) is 8.32. The number of amides is 1. The van der Waals surface area contributed by atoms with Gasteiger partial charge in [0, 0.05) is 12.5 Å². The van der Waals surface area contributed by atoms with Crippen molar-refractivity contribution in [1.29, 1.82) is 0 Å². The molecule has 0 aromatic heterocycles. The van der Waals surface area contributed by atoms with Gasteiger partial charge in [-0.25, -0.2) is 9.37 Å². The molecule has 1 heterocycles. The first-order chi connectivity index (χ1) is 13.3. The molecule has 2 aromatic carbocycles. The number of rotatable bonds is 4. The van der Waals surface area contributed by atoms with Gasteiger partial charge in [0.05, 0.1) is 6.54 Å². The first-order valence-corrected chi connectivity index (χ1v) is 11.5. The number of benzene rings is 2. The summed E-state index contributed by atoms with van der Waals surface area (Å²) in [4.78, 5) is 31.2. The highest BCUT2D eigenvalue weighted by atomic mass is 28.4. The van der Waals surface area contributed by atoms with Crippen molar-refractivity contribution in [1.82, 2.24) is 4.90 Å². The zero-order valence-electron chi connectivity index (χ0n) is 16.8. The molecule has 1 amide bonds. The smallest absolute Gasteiger partial charge is 0.298 e. The van der Waals surface area contributed by atoms with Crippen LogP contribution in [-0.4, -0.2) is 37.7 Å². The minimum absolute atomic E-state index is 0.0369. The number of hydrogen-bond donors (Lipinski definition) is 0. The lowest BCUT2D eigenvalue weighted by Crippen LogP contribution is -2.66. The fourth-order valence-corrected chi connectivity index (χ4v) is 7.87. The van der Waals surface area contributed by atoms with Crippen molar-refractivity contribution in [2.75, 3.05) is 6.54 Å². The van der Waals surface area contributed by atoms with Crippen molar-refractivity contribution in [3.8, 4) is 0 Å². The third-order valence-corrected chi connectivity index (χ3v) is 10.0. The van der Waals surface area contributed by atoms with Gasteiger partial charge in [-0.1, -0.05) is 81.4 Å². The largest absolute Gasteiger partial charge is 0.440 e. The monoisotopic (exact) mass is 397 g/mol. The van der Waals surface area contributed by atoms with Crippen molar-refractivity contribution in [2.45, 2.75) is 45.2 Å². The lowest BCUT2D eigenvalue weighted by Gasteiger charge is -2.40. The minimum Gasteiger partial charge on any atom is -0.298 e. The highest BCUT2D eigenvalue weighted by Crippen LogP contribution is 2.37. The van der Waals surface area contributed by atoms with Gasteiger partial charge in [0.1, 0.15) is 0 Å². The molecule has 2 aromatic rings. The van der Waals surface area contributed by atoms with E-state index >= 15 is 0 Å². The topological polar surface area (TPSA) is 55.8 Å². The second-order valence-corrected chi connectivity index (χ2v) is 12.5. The maximum atomic E-state index is 12.7. The number of carbonyl (C=O) groups is 2. The number of hydrogen-bond acceptors (Lipinski definition) is 4. The molecule has 1 atom stereocenters. The van der Waals surface area contributed by atoms with Crippen LogP contribution in [0, 0.1) is 0 Å². The van der Waals surface area contributed by atoms with Crippen molar-refractivity contribution in [3.05, 3.63) is 60.7 Å². The van der Waals surface area contributed by atoms with Gasteiger partial charge in [0.15, 0.2) is 5.78 Å². The molecule has 148 valence electrons. The molecule has 3 rings (SSSR count). The third kappa shape index (κ3) is 3.75. The number of nitrogens with zero attached hydrogens (tertiary/aromatic N) is 1. The van der Waals surface area contributed by atoms with E-state index in [1.165, 1.54) is 4.90 Å². The van der Waals surface area contributed by atoms with E-state index in [1.54, 1.807) is 0 Å². The van der Waals surface area contributed by atoms with Crippen LogP contribution in [0.15, 0.2) is 60.7 Å². The van der Waals surface area contributed by atoms with Gasteiger partial charge in [-0.2, -0.15) is 0 Å². The van der Waals surface area contributed by atoms with E-state index in [4.69, 9.17) is 9.46 Å². The summed E-state index contributed by atoms with van der Waals surface area (Å²) in [6.07, 6.45) is -0.250. The third-order valence-electron chi connectivity index (χ3n) is 5.29. The molecule has 28 heavy (non-hydrogen) atoms. The molecule has 1 aliphatic rings. The lowest BCUT2D eigenvalue weighted by atomic mass is 10.2. The Morgan fingerprint density at radius 2 is 1.50 bits per heavy atom. The summed E-state index contributed by atoms with van der Waals surface area (Å²) in [7, 11) is -2.96. The van der Waals surface area contributed by atoms with Crippen LogP contribution in [-0.2, 0) is 14.3 Å². The van der Waals surface area contributed by atoms with E-state index in [-0.39, 0.29) is 23.4 Å². The van der Waals surface area contributed by atoms with E-state index < -0.39 is 14.4 Å². The fraction of sp³-hybridized carbons (Fsp3) is 0.364. The molecule has 1 fully saturated rings. The average Bonchev–Trinajstić information content (AvgIpc) is 3.01. The van der Waals surface area contributed by atoms with Crippen LogP contribution < -0.4 is 10.4 Å². The molecule has 1 unspecified atom stereocenters. The molecule has 0 N–H and O–H groups in total. The maximum absolute atomic E-state index is 12.7. The van der Waals surface area contributed by atoms with E-state index in [1.807, 2.05) is 67.6 Å². The van der Waals surface area contributed by atoms with Gasteiger partial charge in [-0.15, -0.1) is 0 Å².